The van der Waals surface area contributed by atoms with Crippen molar-refractivity contribution in [2.24, 2.45) is 0 Å². The molecule has 1 rings (SSSR count). The van der Waals surface area contributed by atoms with E-state index < -0.39 is 6.61 Å². The van der Waals surface area contributed by atoms with Crippen LogP contribution in [-0.2, 0) is 0 Å². The van der Waals surface area contributed by atoms with E-state index in [1.807, 2.05) is 0 Å². The lowest BCUT2D eigenvalue weighted by Crippen LogP contribution is -2.08. The zero-order chi connectivity index (χ0) is 12.1. The van der Waals surface area contributed by atoms with E-state index >= 15 is 0 Å². The van der Waals surface area contributed by atoms with Crippen LogP contribution >= 0.6 is 11.6 Å². The Morgan fingerprint density at radius 3 is 2.75 bits per heavy atom. The zero-order valence-electron chi connectivity index (χ0n) is 8.67. The minimum atomic E-state index is -2.94. The Hall–Kier alpha value is -1.16. The van der Waals surface area contributed by atoms with Crippen molar-refractivity contribution in [1.82, 2.24) is 0 Å². The van der Waals surface area contributed by atoms with E-state index in [2.05, 4.69) is 4.74 Å². The van der Waals surface area contributed by atoms with Gasteiger partial charge in [-0.05, 0) is 24.6 Å². The molecular formula is C11H11ClF2O2. The van der Waals surface area contributed by atoms with Crippen molar-refractivity contribution >= 4 is 17.4 Å². The quantitative estimate of drug-likeness (QED) is 0.590. The Balaban J connectivity index is 3.02. The lowest BCUT2D eigenvalue weighted by molar-refractivity contribution is -0.0501. The van der Waals surface area contributed by atoms with Crippen LogP contribution in [0.4, 0.5) is 8.78 Å². The first-order valence-corrected chi connectivity index (χ1v) is 5.22. The third-order valence-corrected chi connectivity index (χ3v) is 2.16. The number of alkyl halides is 3. The molecule has 0 spiro atoms. The third kappa shape index (κ3) is 3.45. The van der Waals surface area contributed by atoms with Gasteiger partial charge in [-0.15, -0.1) is 11.6 Å². The molecule has 0 amide bonds. The maximum Gasteiger partial charge on any atom is 0.387 e. The maximum absolute atomic E-state index is 12.1. The van der Waals surface area contributed by atoms with Crippen LogP contribution in [0.15, 0.2) is 18.2 Å². The summed E-state index contributed by atoms with van der Waals surface area (Å²) in [5, 5.41) is 0. The second-order valence-electron chi connectivity index (χ2n) is 3.24. The van der Waals surface area contributed by atoms with Crippen LogP contribution in [0, 0.1) is 6.92 Å². The molecule has 0 aliphatic rings. The van der Waals surface area contributed by atoms with Crippen LogP contribution in [0.3, 0.4) is 0 Å². The van der Waals surface area contributed by atoms with Gasteiger partial charge in [0.1, 0.15) is 5.75 Å². The zero-order valence-corrected chi connectivity index (χ0v) is 9.43. The van der Waals surface area contributed by atoms with E-state index in [0.29, 0.717) is 0 Å². The van der Waals surface area contributed by atoms with Crippen molar-refractivity contribution in [3.63, 3.8) is 0 Å². The fraction of sp³-hybridized carbons (Fsp3) is 0.364. The van der Waals surface area contributed by atoms with Gasteiger partial charge in [-0.1, -0.05) is 6.07 Å². The van der Waals surface area contributed by atoms with Crippen molar-refractivity contribution in [3.05, 3.63) is 29.3 Å². The second kappa shape index (κ2) is 5.80. The summed E-state index contributed by atoms with van der Waals surface area (Å²) in [5.41, 5.74) is 0.893. The SMILES string of the molecule is Cc1ccc(C(=O)CCCl)c(OC(F)F)c1. The van der Waals surface area contributed by atoms with E-state index in [1.165, 1.54) is 12.1 Å². The van der Waals surface area contributed by atoms with Crippen LogP contribution in [0.5, 0.6) is 5.75 Å². The molecule has 0 atom stereocenters. The van der Waals surface area contributed by atoms with Gasteiger partial charge >= 0.3 is 6.61 Å². The highest BCUT2D eigenvalue weighted by Gasteiger charge is 2.15. The molecule has 0 aliphatic carbocycles. The lowest BCUT2D eigenvalue weighted by atomic mass is 10.1. The van der Waals surface area contributed by atoms with Gasteiger partial charge in [-0.2, -0.15) is 8.78 Å². The molecule has 1 aromatic carbocycles. The van der Waals surface area contributed by atoms with Gasteiger partial charge in [0.05, 0.1) is 5.56 Å². The van der Waals surface area contributed by atoms with Gasteiger partial charge in [0.25, 0.3) is 0 Å². The number of halogens is 3. The summed E-state index contributed by atoms with van der Waals surface area (Å²) < 4.78 is 28.5. The number of carbonyl (C=O) groups is 1. The molecule has 0 bridgehead atoms. The normalized spacial score (nSPS) is 10.6. The Morgan fingerprint density at radius 1 is 1.50 bits per heavy atom. The van der Waals surface area contributed by atoms with Crippen molar-refractivity contribution in [3.8, 4) is 5.75 Å². The Bertz CT molecular complexity index is 380. The average Bonchev–Trinajstić information content (AvgIpc) is 2.16. The molecule has 5 heteroatoms. The predicted octanol–water partition coefficient (Wildman–Crippen LogP) is 3.41. The van der Waals surface area contributed by atoms with Crippen molar-refractivity contribution < 1.29 is 18.3 Å². The van der Waals surface area contributed by atoms with E-state index in [9.17, 15) is 13.6 Å². The van der Waals surface area contributed by atoms with Crippen molar-refractivity contribution in [2.45, 2.75) is 20.0 Å². The predicted molar refractivity (Wildman–Crippen MR) is 57.5 cm³/mol. The first-order chi connectivity index (χ1) is 7.54. The summed E-state index contributed by atoms with van der Waals surface area (Å²) in [4.78, 5) is 11.5. The van der Waals surface area contributed by atoms with Crippen LogP contribution in [0.25, 0.3) is 0 Å². The molecule has 2 nitrogen and oxygen atoms in total. The smallest absolute Gasteiger partial charge is 0.387 e. The van der Waals surface area contributed by atoms with Gasteiger partial charge in [-0.25, -0.2) is 0 Å². The number of ketones is 1. The highest BCUT2D eigenvalue weighted by molar-refractivity contribution is 6.19. The number of ether oxygens (including phenoxy) is 1. The number of hydrogen-bond acceptors (Lipinski definition) is 2. The Morgan fingerprint density at radius 2 is 2.19 bits per heavy atom. The van der Waals surface area contributed by atoms with E-state index in [-0.39, 0.29) is 29.4 Å². The molecular weight excluding hydrogens is 238 g/mol. The number of aryl methyl sites for hydroxylation is 1. The van der Waals surface area contributed by atoms with Gasteiger partial charge in [0, 0.05) is 12.3 Å². The highest BCUT2D eigenvalue weighted by Crippen LogP contribution is 2.23. The molecule has 88 valence electrons. The molecule has 0 N–H and O–H groups in total. The number of rotatable bonds is 5. The van der Waals surface area contributed by atoms with Gasteiger partial charge in [0.2, 0.25) is 0 Å². The molecule has 16 heavy (non-hydrogen) atoms. The van der Waals surface area contributed by atoms with Crippen LogP contribution in [-0.4, -0.2) is 18.3 Å². The Kier molecular flexibility index (Phi) is 4.68. The van der Waals surface area contributed by atoms with E-state index in [4.69, 9.17) is 11.6 Å². The number of Topliss-reactive ketones (excluding diaryl/α,β-unsaturated/α-hetero) is 1. The monoisotopic (exact) mass is 248 g/mol. The molecule has 0 radical (unpaired) electrons. The summed E-state index contributed by atoms with van der Waals surface area (Å²) in [7, 11) is 0. The van der Waals surface area contributed by atoms with Crippen molar-refractivity contribution in [1.29, 1.82) is 0 Å². The number of benzene rings is 1. The third-order valence-electron chi connectivity index (χ3n) is 1.98. The summed E-state index contributed by atoms with van der Waals surface area (Å²) in [6.45, 7) is -1.21. The fourth-order valence-corrected chi connectivity index (χ4v) is 1.45. The maximum atomic E-state index is 12.1. The first kappa shape index (κ1) is 12.9. The second-order valence-corrected chi connectivity index (χ2v) is 3.62. The van der Waals surface area contributed by atoms with Gasteiger partial charge in [-0.3, -0.25) is 4.79 Å². The average molecular weight is 249 g/mol. The molecule has 0 fully saturated rings. The summed E-state index contributed by atoms with van der Waals surface area (Å²) >= 11 is 5.43. The van der Waals surface area contributed by atoms with Gasteiger partial charge < -0.3 is 4.74 Å². The van der Waals surface area contributed by atoms with Crippen LogP contribution < -0.4 is 4.74 Å². The fourth-order valence-electron chi connectivity index (χ4n) is 1.27. The molecule has 0 unspecified atom stereocenters. The minimum Gasteiger partial charge on any atom is -0.434 e. The first-order valence-electron chi connectivity index (χ1n) is 4.69. The van der Waals surface area contributed by atoms with Gasteiger partial charge in [0.15, 0.2) is 5.78 Å². The molecule has 0 heterocycles. The van der Waals surface area contributed by atoms with Crippen molar-refractivity contribution in [2.75, 3.05) is 5.88 Å². The largest absolute Gasteiger partial charge is 0.434 e. The molecule has 0 aliphatic heterocycles. The molecule has 1 aromatic rings. The lowest BCUT2D eigenvalue weighted by Gasteiger charge is -2.10. The number of carbonyl (C=O) groups excluding carboxylic acids is 1. The summed E-state index contributed by atoms with van der Waals surface area (Å²) in [6.07, 6.45) is 0.101. The highest BCUT2D eigenvalue weighted by atomic mass is 35.5. The number of hydrogen-bond donors (Lipinski definition) is 0. The topological polar surface area (TPSA) is 26.3 Å². The molecule has 0 aromatic heterocycles. The van der Waals surface area contributed by atoms with Crippen LogP contribution in [0.2, 0.25) is 0 Å². The molecule has 0 saturated carbocycles. The Labute approximate surface area is 97.2 Å². The van der Waals surface area contributed by atoms with Crippen LogP contribution in [0.1, 0.15) is 22.3 Å². The van der Waals surface area contributed by atoms with E-state index in [0.717, 1.165) is 5.56 Å². The summed E-state index contributed by atoms with van der Waals surface area (Å²) in [5.74, 6) is -0.239. The van der Waals surface area contributed by atoms with E-state index in [1.54, 1.807) is 13.0 Å². The summed E-state index contributed by atoms with van der Waals surface area (Å²) in [6, 6.07) is 4.55. The molecule has 0 saturated heterocycles. The minimum absolute atomic E-state index is 0.0925. The standard InChI is InChI=1S/C11H11ClF2O2/c1-7-2-3-8(9(15)4-5-12)10(6-7)16-11(13)14/h2-3,6,11H,4-5H2,1H3.